The van der Waals surface area contributed by atoms with Crippen molar-refractivity contribution in [2.75, 3.05) is 20.8 Å². The van der Waals surface area contributed by atoms with Crippen LogP contribution in [-0.2, 0) is 29.1 Å². The van der Waals surface area contributed by atoms with Gasteiger partial charge in [0.05, 0.1) is 31.7 Å². The summed E-state index contributed by atoms with van der Waals surface area (Å²) < 4.78 is 51.3. The molecule has 5 atom stereocenters. The lowest BCUT2D eigenvalue weighted by Gasteiger charge is -2.29. The Labute approximate surface area is 335 Å². The Balaban J connectivity index is 1.15. The van der Waals surface area contributed by atoms with E-state index in [0.29, 0.717) is 66.0 Å². The van der Waals surface area contributed by atoms with Crippen LogP contribution in [0, 0.1) is 12.8 Å². The molecule has 2 saturated carbocycles. The zero-order valence-electron chi connectivity index (χ0n) is 32.6. The third-order valence-corrected chi connectivity index (χ3v) is 13.4. The number of hydrogen-bond acceptors (Lipinski definition) is 11. The Kier molecular flexibility index (Phi) is 10.5. The number of rotatable bonds is 8. The zero-order chi connectivity index (χ0) is 40.8. The normalized spacial score (nSPS) is 25.7. The highest BCUT2D eigenvalue weighted by Gasteiger charge is 2.62. The molecule has 3 N–H and O–H groups in total. The van der Waals surface area contributed by atoms with Crippen molar-refractivity contribution in [3.05, 3.63) is 66.2 Å². The Morgan fingerprint density at radius 1 is 1.02 bits per heavy atom. The van der Waals surface area contributed by atoms with Crippen molar-refractivity contribution in [3.63, 3.8) is 0 Å². The van der Waals surface area contributed by atoms with Crippen LogP contribution in [0.15, 0.2) is 65.1 Å². The van der Waals surface area contributed by atoms with Crippen molar-refractivity contribution in [1.29, 1.82) is 0 Å². The highest BCUT2D eigenvalue weighted by atomic mass is 32.2. The van der Waals surface area contributed by atoms with Crippen molar-refractivity contribution in [3.8, 4) is 22.8 Å². The van der Waals surface area contributed by atoms with E-state index in [-0.39, 0.29) is 19.4 Å². The number of nitrogens with zero attached hydrogens (tertiary/aromatic N) is 2. The summed E-state index contributed by atoms with van der Waals surface area (Å²) in [4.78, 5) is 61.7. The molecule has 4 aromatic rings. The number of hydrogen-bond donors (Lipinski definition) is 3. The standard InChI is InChI=1S/C42H47N5O10S/c1-24-11-18-34-30(19-24)36-37(57-34)35(21-32(43-36)25-12-14-27(54-2)15-13-25)56-28-20-33-38(48)45-42(40(50)46-58(52,53)29-16-17-29)22-26(42)9-7-5-4-6-8-10-31(44-41(51)55-3)39(49)47(33)23-28/h7,9,11-15,18-19,21,26,28-29,31,33H,4-6,8,10,16-17,20,22-23H2,1-3H3,(H,44,51)(H,45,48)(H,46,50)/b9-7-/t26-,28-,31+,33+,42-/m1/s1. The maximum atomic E-state index is 14.5. The Bertz CT molecular complexity index is 2410. The van der Waals surface area contributed by atoms with Gasteiger partial charge in [-0.15, -0.1) is 0 Å². The van der Waals surface area contributed by atoms with Crippen molar-refractivity contribution >= 4 is 55.9 Å². The summed E-state index contributed by atoms with van der Waals surface area (Å²) in [5.41, 5.74) is 2.45. The first kappa shape index (κ1) is 39.2. The molecule has 1 saturated heterocycles. The number of sulfonamides is 1. The van der Waals surface area contributed by atoms with E-state index in [0.717, 1.165) is 29.4 Å². The van der Waals surface area contributed by atoms with Gasteiger partial charge in [-0.3, -0.25) is 19.1 Å². The van der Waals surface area contributed by atoms with Gasteiger partial charge in [0.15, 0.2) is 11.3 Å². The monoisotopic (exact) mass is 813 g/mol. The largest absolute Gasteiger partial charge is 0.497 e. The van der Waals surface area contributed by atoms with E-state index < -0.39 is 68.7 Å². The summed E-state index contributed by atoms with van der Waals surface area (Å²) in [6, 6.07) is 12.8. The molecule has 2 aliphatic heterocycles. The van der Waals surface area contributed by atoms with Crippen LogP contribution in [0.2, 0.25) is 0 Å². The number of pyridine rings is 1. The molecule has 4 amide bonds. The van der Waals surface area contributed by atoms with Crippen LogP contribution in [-0.4, -0.2) is 91.9 Å². The predicted molar refractivity (Wildman–Crippen MR) is 213 cm³/mol. The van der Waals surface area contributed by atoms with Gasteiger partial charge in [-0.1, -0.05) is 36.6 Å². The van der Waals surface area contributed by atoms with Crippen LogP contribution in [0.3, 0.4) is 0 Å². The molecule has 0 spiro atoms. The van der Waals surface area contributed by atoms with E-state index in [4.69, 9.17) is 23.6 Å². The van der Waals surface area contributed by atoms with Crippen molar-refractivity contribution in [2.45, 2.75) is 93.7 Å². The fraction of sp³-hybridized carbons (Fsp3) is 0.452. The van der Waals surface area contributed by atoms with Crippen molar-refractivity contribution in [2.24, 2.45) is 5.92 Å². The zero-order valence-corrected chi connectivity index (χ0v) is 33.4. The van der Waals surface area contributed by atoms with Gasteiger partial charge in [0.1, 0.15) is 40.6 Å². The minimum Gasteiger partial charge on any atom is -0.497 e. The van der Waals surface area contributed by atoms with Gasteiger partial charge in [-0.2, -0.15) is 0 Å². The second-order valence-corrected chi connectivity index (χ2v) is 17.7. The SMILES string of the molecule is COC(=O)N[C@H]1CCCCC/C=C\[C@@H]2C[C@@]2(C(=O)NS(=O)(=O)C2CC2)NC(=O)[C@@H]2C[C@@H](Oc3cc(-c4ccc(OC)cc4)nc4c3oc3ccc(C)cc34)CN2C1=O. The minimum absolute atomic E-state index is 0.0160. The molecular weight excluding hydrogens is 767 g/mol. The summed E-state index contributed by atoms with van der Waals surface area (Å²) in [5, 5.41) is 5.70. The number of benzene rings is 2. The van der Waals surface area contributed by atoms with Crippen molar-refractivity contribution in [1.82, 2.24) is 25.2 Å². The first-order valence-electron chi connectivity index (χ1n) is 19.7. The number of ether oxygens (including phenoxy) is 3. The summed E-state index contributed by atoms with van der Waals surface area (Å²) in [5.74, 6) is -1.36. The number of aryl methyl sites for hydroxylation is 1. The summed E-state index contributed by atoms with van der Waals surface area (Å²) in [6.07, 6.45) is 6.54. The molecule has 0 radical (unpaired) electrons. The second kappa shape index (κ2) is 15.6. The molecule has 8 rings (SSSR count). The smallest absolute Gasteiger partial charge is 0.407 e. The third-order valence-electron chi connectivity index (χ3n) is 11.5. The topological polar surface area (TPSA) is 195 Å². The lowest BCUT2D eigenvalue weighted by molar-refractivity contribution is -0.141. The van der Waals surface area contributed by atoms with Gasteiger partial charge >= 0.3 is 6.09 Å². The van der Waals surface area contributed by atoms with Crippen LogP contribution in [0.25, 0.3) is 33.3 Å². The molecule has 16 heteroatoms. The second-order valence-electron chi connectivity index (χ2n) is 15.7. The number of amides is 4. The first-order valence-corrected chi connectivity index (χ1v) is 21.3. The number of carbonyl (C=O) groups excluding carboxylic acids is 4. The van der Waals surface area contributed by atoms with E-state index in [9.17, 15) is 27.6 Å². The number of carbonyl (C=O) groups is 4. The molecule has 2 aromatic heterocycles. The van der Waals surface area contributed by atoms with E-state index in [1.165, 1.54) is 12.0 Å². The summed E-state index contributed by atoms with van der Waals surface area (Å²) in [7, 11) is -1.11. The quantitative estimate of drug-likeness (QED) is 0.202. The van der Waals surface area contributed by atoms with Crippen LogP contribution in [0.4, 0.5) is 4.79 Å². The number of nitrogens with one attached hydrogen (secondary N) is 3. The maximum Gasteiger partial charge on any atom is 0.407 e. The molecule has 2 aliphatic carbocycles. The highest BCUT2D eigenvalue weighted by Crippen LogP contribution is 2.46. The number of allylic oxidation sites excluding steroid dienone is 1. The van der Waals surface area contributed by atoms with Gasteiger partial charge in [0.2, 0.25) is 21.8 Å². The third kappa shape index (κ3) is 7.81. The first-order chi connectivity index (χ1) is 27.9. The lowest BCUT2D eigenvalue weighted by Crippen LogP contribution is -2.58. The Morgan fingerprint density at radius 2 is 1.81 bits per heavy atom. The minimum atomic E-state index is -3.91. The van der Waals surface area contributed by atoms with Crippen LogP contribution in [0.1, 0.15) is 63.4 Å². The molecular formula is C42H47N5O10S. The maximum absolute atomic E-state index is 14.5. The van der Waals surface area contributed by atoms with Crippen LogP contribution in [0.5, 0.6) is 11.5 Å². The fourth-order valence-electron chi connectivity index (χ4n) is 8.04. The molecule has 15 nitrogen and oxygen atoms in total. The number of fused-ring (bicyclic) bond motifs is 5. The summed E-state index contributed by atoms with van der Waals surface area (Å²) in [6.45, 7) is 1.93. The van der Waals surface area contributed by atoms with E-state index in [1.807, 2.05) is 61.5 Å². The fourth-order valence-corrected chi connectivity index (χ4v) is 9.41. The molecule has 4 aliphatic rings. The highest BCUT2D eigenvalue weighted by molar-refractivity contribution is 7.91. The van der Waals surface area contributed by atoms with E-state index >= 15 is 0 Å². The van der Waals surface area contributed by atoms with Gasteiger partial charge < -0.3 is 34.2 Å². The molecule has 3 fully saturated rings. The van der Waals surface area contributed by atoms with Gasteiger partial charge in [0, 0.05) is 29.4 Å². The number of methoxy groups -OCH3 is 2. The van der Waals surface area contributed by atoms with Gasteiger partial charge in [0.25, 0.3) is 5.91 Å². The Hall–Kier alpha value is -5.64. The van der Waals surface area contributed by atoms with Gasteiger partial charge in [-0.25, -0.2) is 18.2 Å². The summed E-state index contributed by atoms with van der Waals surface area (Å²) >= 11 is 0. The molecule has 0 bridgehead atoms. The molecule has 0 unspecified atom stereocenters. The Morgan fingerprint density at radius 3 is 2.55 bits per heavy atom. The van der Waals surface area contributed by atoms with Gasteiger partial charge in [-0.05, 0) is 81.8 Å². The number of aromatic nitrogens is 1. The lowest BCUT2D eigenvalue weighted by atomic mass is 10.1. The predicted octanol–water partition coefficient (Wildman–Crippen LogP) is 5.04. The molecule has 306 valence electrons. The van der Waals surface area contributed by atoms with Crippen LogP contribution < -0.4 is 24.8 Å². The van der Waals surface area contributed by atoms with Crippen LogP contribution >= 0.6 is 0 Å². The molecule has 2 aromatic carbocycles. The average Bonchev–Trinajstić information content (AvgIpc) is 4.11. The molecule has 58 heavy (non-hydrogen) atoms. The van der Waals surface area contributed by atoms with Crippen molar-refractivity contribution < 1.29 is 46.2 Å². The molecule has 4 heterocycles. The number of alkyl carbamates (subject to hydrolysis) is 1. The van der Waals surface area contributed by atoms with E-state index in [2.05, 4.69) is 15.4 Å². The average molecular weight is 814 g/mol. The number of furan rings is 1. The van der Waals surface area contributed by atoms with E-state index in [1.54, 1.807) is 13.2 Å².